The van der Waals surface area contributed by atoms with Gasteiger partial charge in [0.15, 0.2) is 5.60 Å². The minimum absolute atomic E-state index is 0.111. The van der Waals surface area contributed by atoms with Gasteiger partial charge >= 0.3 is 12.4 Å². The molecule has 1 heterocycles. The quantitative estimate of drug-likeness (QED) is 0.520. The molecule has 1 saturated heterocycles. The molecule has 4 nitrogen and oxygen atoms in total. The molecule has 5 aliphatic rings. The second-order valence-corrected chi connectivity index (χ2v) is 9.01. The molecule has 1 aromatic carbocycles. The molecule has 4 saturated carbocycles. The highest BCUT2D eigenvalue weighted by molar-refractivity contribution is 5.35. The van der Waals surface area contributed by atoms with Gasteiger partial charge in [0.2, 0.25) is 0 Å². The Labute approximate surface area is 168 Å². The van der Waals surface area contributed by atoms with Crippen LogP contribution in [-0.2, 0) is 20.3 Å². The number of alkyl halides is 6. The number of phenolic OH excluding ortho intramolecular Hbond substituents is 1. The van der Waals surface area contributed by atoms with Crippen LogP contribution in [0.2, 0.25) is 0 Å². The van der Waals surface area contributed by atoms with Crippen molar-refractivity contribution >= 4 is 0 Å². The molecular formula is C20H20F6O4. The van der Waals surface area contributed by atoms with Gasteiger partial charge in [-0.15, -0.1) is 0 Å². The molecule has 5 fully saturated rings. The third kappa shape index (κ3) is 2.72. The monoisotopic (exact) mass is 438 g/mol. The molecule has 10 heteroatoms. The topological polar surface area (TPSA) is 47.9 Å². The maximum Gasteiger partial charge on any atom is 0.423 e. The summed E-state index contributed by atoms with van der Waals surface area (Å²) in [7, 11) is 0. The van der Waals surface area contributed by atoms with E-state index in [4.69, 9.17) is 14.5 Å². The predicted molar refractivity (Wildman–Crippen MR) is 88.7 cm³/mol. The first kappa shape index (κ1) is 20.4. The summed E-state index contributed by atoms with van der Waals surface area (Å²) in [4.78, 5) is 10.6. The summed E-state index contributed by atoms with van der Waals surface area (Å²) in [6.45, 7) is 0. The van der Waals surface area contributed by atoms with Crippen molar-refractivity contribution in [3.63, 3.8) is 0 Å². The molecule has 6 rings (SSSR count). The lowest BCUT2D eigenvalue weighted by atomic mass is 9.47. The average molecular weight is 438 g/mol. The van der Waals surface area contributed by atoms with Crippen LogP contribution in [0.5, 0.6) is 5.75 Å². The molecule has 1 unspecified atom stereocenters. The van der Waals surface area contributed by atoms with Gasteiger partial charge in [-0.05, 0) is 67.9 Å². The third-order valence-electron chi connectivity index (χ3n) is 7.27. The first-order valence-corrected chi connectivity index (χ1v) is 9.93. The fourth-order valence-corrected chi connectivity index (χ4v) is 6.42. The largest absolute Gasteiger partial charge is 0.508 e. The molecule has 1 aliphatic heterocycles. The number of halogens is 6. The maximum absolute atomic E-state index is 13.4. The van der Waals surface area contributed by atoms with Crippen LogP contribution in [0.4, 0.5) is 26.3 Å². The Bertz CT molecular complexity index is 795. The van der Waals surface area contributed by atoms with Gasteiger partial charge in [-0.2, -0.15) is 31.2 Å². The lowest BCUT2D eigenvalue weighted by Gasteiger charge is -2.69. The normalized spacial score (nSPS) is 40.2. The molecule has 1 spiro atoms. The summed E-state index contributed by atoms with van der Waals surface area (Å²) in [5, 5.41) is 9.89. The van der Waals surface area contributed by atoms with Crippen molar-refractivity contribution in [2.24, 2.45) is 23.7 Å². The van der Waals surface area contributed by atoms with E-state index in [0.717, 1.165) is 12.5 Å². The Kier molecular flexibility index (Phi) is 4.25. The Balaban J connectivity index is 1.64. The highest BCUT2D eigenvalue weighted by Gasteiger charge is 2.79. The van der Waals surface area contributed by atoms with E-state index in [1.54, 1.807) is 0 Å². The van der Waals surface area contributed by atoms with E-state index in [1.165, 1.54) is 18.2 Å². The van der Waals surface area contributed by atoms with Crippen LogP contribution in [0.25, 0.3) is 0 Å². The van der Waals surface area contributed by atoms with Gasteiger partial charge in [-0.1, -0.05) is 12.1 Å². The lowest BCUT2D eigenvalue weighted by Crippen LogP contribution is -2.78. The number of rotatable bonds is 3. The van der Waals surface area contributed by atoms with Gasteiger partial charge in [0.25, 0.3) is 11.9 Å². The zero-order chi connectivity index (χ0) is 21.5. The Morgan fingerprint density at radius 2 is 1.47 bits per heavy atom. The number of aromatic hydroxyl groups is 1. The zero-order valence-corrected chi connectivity index (χ0v) is 15.7. The molecule has 1 N–H and O–H groups in total. The van der Waals surface area contributed by atoms with Gasteiger partial charge in [-0.3, -0.25) is 0 Å². The van der Waals surface area contributed by atoms with E-state index in [9.17, 15) is 31.4 Å². The number of hydrogen-bond acceptors (Lipinski definition) is 4. The number of phenols is 1. The summed E-state index contributed by atoms with van der Waals surface area (Å²) in [6, 6.07) is 4.99. The van der Waals surface area contributed by atoms with Crippen LogP contribution in [0.3, 0.4) is 0 Å². The summed E-state index contributed by atoms with van der Waals surface area (Å²) >= 11 is 0. The molecule has 166 valence electrons. The van der Waals surface area contributed by atoms with Gasteiger partial charge < -0.3 is 9.84 Å². The Hall–Kier alpha value is -1.52. The standard InChI is InChI=1S/C20H20F6O4/c21-19(22,23)16(20(24,25)26)28-18(12-2-1-3-15(27)9-12)17(29-30-18)13-5-10-4-11(7-13)8-14(17)6-10/h1-3,9-11,13-14,16,27H,4-8H2. The van der Waals surface area contributed by atoms with Crippen molar-refractivity contribution in [1.29, 1.82) is 0 Å². The van der Waals surface area contributed by atoms with Crippen molar-refractivity contribution in [3.8, 4) is 5.75 Å². The van der Waals surface area contributed by atoms with Crippen molar-refractivity contribution in [2.75, 3.05) is 0 Å². The summed E-state index contributed by atoms with van der Waals surface area (Å²) in [6.07, 6.45) is -11.9. The highest BCUT2D eigenvalue weighted by Crippen LogP contribution is 2.70. The number of hydrogen-bond donors (Lipinski definition) is 1. The molecule has 1 atom stereocenters. The van der Waals surface area contributed by atoms with Crippen LogP contribution >= 0.6 is 0 Å². The van der Waals surface area contributed by atoms with E-state index >= 15 is 0 Å². The molecule has 0 amide bonds. The van der Waals surface area contributed by atoms with E-state index < -0.39 is 29.8 Å². The van der Waals surface area contributed by atoms with Crippen LogP contribution in [0.1, 0.15) is 37.7 Å². The maximum atomic E-state index is 13.4. The van der Waals surface area contributed by atoms with Crippen LogP contribution < -0.4 is 0 Å². The van der Waals surface area contributed by atoms with E-state index in [1.807, 2.05) is 0 Å². The summed E-state index contributed by atoms with van der Waals surface area (Å²) < 4.78 is 85.5. The molecular weight excluding hydrogens is 418 g/mol. The molecule has 0 radical (unpaired) electrons. The molecule has 30 heavy (non-hydrogen) atoms. The average Bonchev–Trinajstić information content (AvgIpc) is 2.58. The predicted octanol–water partition coefficient (Wildman–Crippen LogP) is 5.21. The minimum atomic E-state index is -5.70. The van der Waals surface area contributed by atoms with Crippen molar-refractivity contribution in [2.45, 2.75) is 61.9 Å². The van der Waals surface area contributed by atoms with Crippen LogP contribution in [-0.4, -0.2) is 29.2 Å². The second-order valence-electron chi connectivity index (χ2n) is 9.01. The van der Waals surface area contributed by atoms with Crippen molar-refractivity contribution in [1.82, 2.24) is 0 Å². The second kappa shape index (κ2) is 6.26. The SMILES string of the molecule is Oc1cccc(C2(OC(C(F)(F)F)C(F)(F)F)OOC23C2CC4CC(C2)CC3C4)c1. The minimum Gasteiger partial charge on any atom is -0.508 e. The van der Waals surface area contributed by atoms with E-state index in [0.29, 0.717) is 37.5 Å². The molecule has 0 aromatic heterocycles. The number of ether oxygens (including phenoxy) is 1. The van der Waals surface area contributed by atoms with Gasteiger partial charge in [-0.25, -0.2) is 4.89 Å². The smallest absolute Gasteiger partial charge is 0.423 e. The van der Waals surface area contributed by atoms with E-state index in [2.05, 4.69) is 0 Å². The molecule has 4 bridgehead atoms. The fourth-order valence-electron chi connectivity index (χ4n) is 6.42. The van der Waals surface area contributed by atoms with Crippen LogP contribution in [0.15, 0.2) is 24.3 Å². The van der Waals surface area contributed by atoms with E-state index in [-0.39, 0.29) is 23.1 Å². The third-order valence-corrected chi connectivity index (χ3v) is 7.27. The van der Waals surface area contributed by atoms with Gasteiger partial charge in [0, 0.05) is 5.56 Å². The number of benzene rings is 1. The van der Waals surface area contributed by atoms with Crippen molar-refractivity contribution < 1.29 is 46.0 Å². The first-order chi connectivity index (χ1) is 14.0. The summed E-state index contributed by atoms with van der Waals surface area (Å²) in [5.41, 5.74) is -1.57. The zero-order valence-electron chi connectivity index (χ0n) is 15.7. The fraction of sp³-hybridized carbons (Fsp3) is 0.700. The lowest BCUT2D eigenvalue weighted by molar-refractivity contribution is -0.659. The summed E-state index contributed by atoms with van der Waals surface area (Å²) in [5.74, 6) is -2.54. The van der Waals surface area contributed by atoms with Crippen LogP contribution in [0, 0.1) is 23.7 Å². The molecule has 1 aromatic rings. The first-order valence-electron chi connectivity index (χ1n) is 9.93. The van der Waals surface area contributed by atoms with Crippen molar-refractivity contribution in [3.05, 3.63) is 29.8 Å². The van der Waals surface area contributed by atoms with Gasteiger partial charge in [0.05, 0.1) is 0 Å². The Morgan fingerprint density at radius 3 is 1.90 bits per heavy atom. The highest BCUT2D eigenvalue weighted by atomic mass is 19.4. The van der Waals surface area contributed by atoms with Gasteiger partial charge in [0.1, 0.15) is 5.75 Å². The molecule has 4 aliphatic carbocycles. The Morgan fingerprint density at radius 1 is 0.900 bits per heavy atom.